The molecule has 0 saturated carbocycles. The molecule has 30 heavy (non-hydrogen) atoms. The van der Waals surface area contributed by atoms with Gasteiger partial charge >= 0.3 is 5.69 Å². The second-order valence-electron chi connectivity index (χ2n) is 7.08. The van der Waals surface area contributed by atoms with Gasteiger partial charge in [-0.2, -0.15) is 4.31 Å². The number of anilines is 1. The van der Waals surface area contributed by atoms with E-state index in [1.54, 1.807) is 18.2 Å². The molecule has 1 aliphatic heterocycles. The fourth-order valence-electron chi connectivity index (χ4n) is 3.50. The zero-order valence-corrected chi connectivity index (χ0v) is 17.2. The Kier molecular flexibility index (Phi) is 5.39. The van der Waals surface area contributed by atoms with Crippen LogP contribution in [0.25, 0.3) is 11.0 Å². The first-order valence-electron chi connectivity index (χ1n) is 9.22. The zero-order chi connectivity index (χ0) is 21.5. The first-order chi connectivity index (χ1) is 14.2. The van der Waals surface area contributed by atoms with Crippen LogP contribution in [-0.2, 0) is 14.8 Å². The Balaban J connectivity index is 1.41. The van der Waals surface area contributed by atoms with E-state index in [4.69, 9.17) is 11.6 Å². The summed E-state index contributed by atoms with van der Waals surface area (Å²) in [7, 11) is -3.82. The van der Waals surface area contributed by atoms with Crippen molar-refractivity contribution in [3.63, 3.8) is 0 Å². The van der Waals surface area contributed by atoms with Gasteiger partial charge in [0.15, 0.2) is 0 Å². The van der Waals surface area contributed by atoms with Crippen molar-refractivity contribution in [1.29, 1.82) is 0 Å². The minimum Gasteiger partial charge on any atom is -0.326 e. The number of aromatic nitrogens is 2. The summed E-state index contributed by atoms with van der Waals surface area (Å²) >= 11 is 5.71. The number of H-pyrrole nitrogens is 2. The van der Waals surface area contributed by atoms with Gasteiger partial charge in [0, 0.05) is 24.7 Å². The Labute approximate surface area is 176 Å². The number of hydrogen-bond acceptors (Lipinski definition) is 4. The van der Waals surface area contributed by atoms with Gasteiger partial charge in [-0.1, -0.05) is 11.6 Å². The van der Waals surface area contributed by atoms with E-state index in [-0.39, 0.29) is 40.5 Å². The minimum absolute atomic E-state index is 0.0781. The number of sulfonamides is 1. The van der Waals surface area contributed by atoms with E-state index in [2.05, 4.69) is 15.3 Å². The Hall–Kier alpha value is -2.69. The first kappa shape index (κ1) is 20.6. The molecule has 8 nitrogen and oxygen atoms in total. The first-order valence-corrected chi connectivity index (χ1v) is 11.0. The molecule has 0 unspecified atom stereocenters. The van der Waals surface area contributed by atoms with Crippen molar-refractivity contribution in [3.05, 3.63) is 57.7 Å². The lowest BCUT2D eigenvalue weighted by atomic mass is 9.97. The summed E-state index contributed by atoms with van der Waals surface area (Å²) in [5.41, 5.74) is 1.43. The van der Waals surface area contributed by atoms with Crippen molar-refractivity contribution >= 4 is 44.3 Å². The SMILES string of the molecule is O=C(Nc1ccc2[nH]c(=O)[nH]c2c1)C1CCN(S(=O)(=O)c2ccc(F)c(Cl)c2)CC1. The van der Waals surface area contributed by atoms with Crippen LogP contribution in [0.5, 0.6) is 0 Å². The van der Waals surface area contributed by atoms with Crippen molar-refractivity contribution in [2.24, 2.45) is 5.92 Å². The number of carbonyl (C=O) groups excluding carboxylic acids is 1. The molecular formula is C19H18ClFN4O4S. The summed E-state index contributed by atoms with van der Waals surface area (Å²) in [6, 6.07) is 8.31. The monoisotopic (exact) mass is 452 g/mol. The summed E-state index contributed by atoms with van der Waals surface area (Å²) in [4.78, 5) is 29.1. The molecule has 2 aromatic carbocycles. The standard InChI is InChI=1S/C19H18ClFN4O4S/c20-14-10-13(2-3-15(14)21)30(28,29)25-7-5-11(6-8-25)18(26)22-12-1-4-16-17(9-12)24-19(27)23-16/h1-4,9-11H,5-8H2,(H,22,26)(H2,23,24,27). The maximum absolute atomic E-state index is 13.3. The van der Waals surface area contributed by atoms with E-state index in [0.717, 1.165) is 12.1 Å². The molecule has 0 spiro atoms. The van der Waals surface area contributed by atoms with Crippen LogP contribution in [0.2, 0.25) is 5.02 Å². The van der Waals surface area contributed by atoms with Gasteiger partial charge in [0.2, 0.25) is 15.9 Å². The molecule has 3 aromatic rings. The normalized spacial score (nSPS) is 16.1. The average Bonchev–Trinajstić information content (AvgIpc) is 3.09. The number of halogens is 2. The summed E-state index contributed by atoms with van der Waals surface area (Å²) < 4.78 is 40.1. The lowest BCUT2D eigenvalue weighted by molar-refractivity contribution is -0.120. The number of nitrogens with zero attached hydrogens (tertiary/aromatic N) is 1. The quantitative estimate of drug-likeness (QED) is 0.564. The third-order valence-corrected chi connectivity index (χ3v) is 7.32. The molecule has 1 fully saturated rings. The van der Waals surface area contributed by atoms with Gasteiger partial charge < -0.3 is 15.3 Å². The number of hydrogen-bond donors (Lipinski definition) is 3. The van der Waals surface area contributed by atoms with Crippen LogP contribution in [0, 0.1) is 11.7 Å². The van der Waals surface area contributed by atoms with Crippen LogP contribution < -0.4 is 11.0 Å². The highest BCUT2D eigenvalue weighted by molar-refractivity contribution is 7.89. The third kappa shape index (κ3) is 3.98. The van der Waals surface area contributed by atoms with Gasteiger partial charge in [-0.3, -0.25) is 4.79 Å². The van der Waals surface area contributed by atoms with Crippen LogP contribution >= 0.6 is 11.6 Å². The van der Waals surface area contributed by atoms with Crippen molar-refractivity contribution in [3.8, 4) is 0 Å². The van der Waals surface area contributed by atoms with Crippen LogP contribution in [0.3, 0.4) is 0 Å². The molecule has 4 rings (SSSR count). The second-order valence-corrected chi connectivity index (χ2v) is 9.43. The Morgan fingerprint density at radius 3 is 2.50 bits per heavy atom. The molecule has 1 aromatic heterocycles. The summed E-state index contributed by atoms with van der Waals surface area (Å²) in [6.07, 6.45) is 0.701. The second kappa shape index (κ2) is 7.86. The number of benzene rings is 2. The topological polar surface area (TPSA) is 115 Å². The van der Waals surface area contributed by atoms with Gasteiger partial charge in [0.25, 0.3) is 0 Å². The molecule has 3 N–H and O–H groups in total. The molecule has 1 saturated heterocycles. The number of piperidine rings is 1. The molecule has 2 heterocycles. The van der Waals surface area contributed by atoms with E-state index in [9.17, 15) is 22.4 Å². The fraction of sp³-hybridized carbons (Fsp3) is 0.263. The van der Waals surface area contributed by atoms with Crippen LogP contribution in [0.15, 0.2) is 46.1 Å². The highest BCUT2D eigenvalue weighted by Gasteiger charge is 2.32. The fourth-order valence-corrected chi connectivity index (χ4v) is 5.24. The van der Waals surface area contributed by atoms with Crippen molar-refractivity contribution in [1.82, 2.24) is 14.3 Å². The number of amides is 1. The van der Waals surface area contributed by atoms with Gasteiger partial charge in [0.1, 0.15) is 5.82 Å². The predicted molar refractivity (Wildman–Crippen MR) is 110 cm³/mol. The maximum Gasteiger partial charge on any atom is 0.323 e. The largest absolute Gasteiger partial charge is 0.326 e. The lowest BCUT2D eigenvalue weighted by Gasteiger charge is -2.30. The van der Waals surface area contributed by atoms with E-state index in [1.807, 2.05) is 0 Å². The van der Waals surface area contributed by atoms with Crippen molar-refractivity contribution in [2.75, 3.05) is 18.4 Å². The lowest BCUT2D eigenvalue weighted by Crippen LogP contribution is -2.41. The Morgan fingerprint density at radius 2 is 1.80 bits per heavy atom. The van der Waals surface area contributed by atoms with E-state index < -0.39 is 15.8 Å². The summed E-state index contributed by atoms with van der Waals surface area (Å²) in [5.74, 6) is -1.25. The molecule has 1 aliphatic rings. The minimum atomic E-state index is -3.82. The molecule has 0 radical (unpaired) electrons. The number of imidazole rings is 1. The number of aromatic amines is 2. The van der Waals surface area contributed by atoms with Crippen molar-refractivity contribution < 1.29 is 17.6 Å². The third-order valence-electron chi connectivity index (χ3n) is 5.14. The zero-order valence-electron chi connectivity index (χ0n) is 15.6. The van der Waals surface area contributed by atoms with Gasteiger partial charge in [-0.15, -0.1) is 0 Å². The molecule has 0 atom stereocenters. The molecule has 11 heteroatoms. The van der Waals surface area contributed by atoms with Gasteiger partial charge in [-0.25, -0.2) is 17.6 Å². The predicted octanol–water partition coefficient (Wildman–Crippen LogP) is 2.69. The van der Waals surface area contributed by atoms with Crippen molar-refractivity contribution in [2.45, 2.75) is 17.7 Å². The van der Waals surface area contributed by atoms with Gasteiger partial charge in [0.05, 0.1) is 21.0 Å². The molecule has 0 aliphatic carbocycles. The molecule has 1 amide bonds. The van der Waals surface area contributed by atoms with Gasteiger partial charge in [-0.05, 0) is 49.2 Å². The Morgan fingerprint density at radius 1 is 1.10 bits per heavy atom. The van der Waals surface area contributed by atoms with Crippen LogP contribution in [-0.4, -0.2) is 41.7 Å². The molecular weight excluding hydrogens is 435 g/mol. The number of rotatable bonds is 4. The smallest absolute Gasteiger partial charge is 0.323 e. The summed E-state index contributed by atoms with van der Waals surface area (Å²) in [6.45, 7) is 0.333. The van der Waals surface area contributed by atoms with Crippen LogP contribution in [0.1, 0.15) is 12.8 Å². The van der Waals surface area contributed by atoms with E-state index in [0.29, 0.717) is 29.6 Å². The van der Waals surface area contributed by atoms with E-state index in [1.165, 1.54) is 10.4 Å². The molecule has 0 bridgehead atoms. The summed E-state index contributed by atoms with van der Waals surface area (Å²) in [5, 5.41) is 2.55. The highest BCUT2D eigenvalue weighted by atomic mass is 35.5. The Bertz CT molecular complexity index is 1280. The number of nitrogens with one attached hydrogen (secondary N) is 3. The van der Waals surface area contributed by atoms with E-state index >= 15 is 0 Å². The number of carbonyl (C=O) groups is 1. The number of fused-ring (bicyclic) bond motifs is 1. The maximum atomic E-state index is 13.3. The van der Waals surface area contributed by atoms with Crippen LogP contribution in [0.4, 0.5) is 10.1 Å². The molecule has 158 valence electrons. The average molecular weight is 453 g/mol. The highest BCUT2D eigenvalue weighted by Crippen LogP contribution is 2.27.